The molecule has 0 spiro atoms. The van der Waals surface area contributed by atoms with Crippen molar-refractivity contribution >= 4 is 21.9 Å². The Bertz CT molecular complexity index is 522. The van der Waals surface area contributed by atoms with Crippen LogP contribution in [0.1, 0.15) is 12.0 Å². The third-order valence-corrected chi connectivity index (χ3v) is 4.49. The average molecular weight is 370 g/mol. The standard InChI is InChI=1S/C16H24BrN3O2/c1-18-16(20-7-6-13(10-20)11-21-2)19-9-12-4-5-15(22-3)14(17)8-12/h4-5,8,13H,6-7,9-11H2,1-3H3,(H,18,19). The number of rotatable bonds is 5. The van der Waals surface area contributed by atoms with Crippen molar-refractivity contribution in [3.05, 3.63) is 28.2 Å². The summed E-state index contributed by atoms with van der Waals surface area (Å²) < 4.78 is 11.5. The molecule has 0 saturated carbocycles. The van der Waals surface area contributed by atoms with Gasteiger partial charge in [0, 0.05) is 39.7 Å². The molecule has 122 valence electrons. The van der Waals surface area contributed by atoms with Crippen LogP contribution in [-0.4, -0.2) is 51.8 Å². The number of nitrogens with zero attached hydrogens (tertiary/aromatic N) is 2. The molecule has 1 unspecified atom stereocenters. The predicted octanol–water partition coefficient (Wildman–Crippen LogP) is 2.50. The second-order valence-electron chi connectivity index (χ2n) is 5.43. The lowest BCUT2D eigenvalue weighted by atomic mass is 10.1. The monoisotopic (exact) mass is 369 g/mol. The normalized spacial score (nSPS) is 18.6. The maximum absolute atomic E-state index is 5.25. The van der Waals surface area contributed by atoms with Crippen LogP contribution in [-0.2, 0) is 11.3 Å². The van der Waals surface area contributed by atoms with Gasteiger partial charge in [0.15, 0.2) is 5.96 Å². The van der Waals surface area contributed by atoms with Gasteiger partial charge >= 0.3 is 0 Å². The van der Waals surface area contributed by atoms with E-state index < -0.39 is 0 Å². The van der Waals surface area contributed by atoms with E-state index in [1.54, 1.807) is 14.2 Å². The Balaban J connectivity index is 1.90. The number of guanidine groups is 1. The fourth-order valence-corrected chi connectivity index (χ4v) is 3.32. The van der Waals surface area contributed by atoms with Crippen LogP contribution in [0.25, 0.3) is 0 Å². The Kier molecular flexibility index (Phi) is 6.51. The largest absolute Gasteiger partial charge is 0.496 e. The molecule has 0 bridgehead atoms. The van der Waals surface area contributed by atoms with Crippen molar-refractivity contribution in [3.8, 4) is 5.75 Å². The van der Waals surface area contributed by atoms with Crippen molar-refractivity contribution in [2.45, 2.75) is 13.0 Å². The Morgan fingerprint density at radius 2 is 2.27 bits per heavy atom. The third kappa shape index (κ3) is 4.36. The van der Waals surface area contributed by atoms with E-state index in [9.17, 15) is 0 Å². The van der Waals surface area contributed by atoms with E-state index in [-0.39, 0.29) is 0 Å². The van der Waals surface area contributed by atoms with E-state index in [0.29, 0.717) is 5.92 Å². The van der Waals surface area contributed by atoms with Crippen molar-refractivity contribution in [2.24, 2.45) is 10.9 Å². The molecule has 6 heteroatoms. The summed E-state index contributed by atoms with van der Waals surface area (Å²) in [4.78, 5) is 6.68. The second-order valence-corrected chi connectivity index (χ2v) is 6.28. The van der Waals surface area contributed by atoms with E-state index in [1.165, 1.54) is 5.56 Å². The minimum Gasteiger partial charge on any atom is -0.496 e. The molecule has 1 N–H and O–H groups in total. The van der Waals surface area contributed by atoms with Crippen molar-refractivity contribution in [1.29, 1.82) is 0 Å². The number of aliphatic imine (C=N–C) groups is 1. The van der Waals surface area contributed by atoms with Crippen LogP contribution in [0.15, 0.2) is 27.7 Å². The molecule has 0 radical (unpaired) electrons. The molecular weight excluding hydrogens is 346 g/mol. The van der Waals surface area contributed by atoms with Crippen LogP contribution >= 0.6 is 15.9 Å². The van der Waals surface area contributed by atoms with Crippen LogP contribution in [0.5, 0.6) is 5.75 Å². The van der Waals surface area contributed by atoms with Gasteiger partial charge in [-0.2, -0.15) is 0 Å². The highest BCUT2D eigenvalue weighted by Gasteiger charge is 2.24. The van der Waals surface area contributed by atoms with E-state index in [2.05, 4.69) is 43.3 Å². The number of ether oxygens (including phenoxy) is 2. The van der Waals surface area contributed by atoms with Crippen LogP contribution in [0.3, 0.4) is 0 Å². The van der Waals surface area contributed by atoms with Crippen molar-refractivity contribution in [3.63, 3.8) is 0 Å². The SMILES string of the molecule is CN=C(NCc1ccc(OC)c(Br)c1)N1CCC(COC)C1. The van der Waals surface area contributed by atoms with Crippen molar-refractivity contribution in [1.82, 2.24) is 10.2 Å². The Hall–Kier alpha value is -1.27. The zero-order chi connectivity index (χ0) is 15.9. The first kappa shape index (κ1) is 17.1. The van der Waals surface area contributed by atoms with E-state index in [1.807, 2.05) is 13.1 Å². The minimum atomic E-state index is 0.596. The molecule has 1 aromatic rings. The molecule has 1 saturated heterocycles. The summed E-state index contributed by atoms with van der Waals surface area (Å²) in [5.41, 5.74) is 1.18. The molecule has 1 atom stereocenters. The molecule has 1 aromatic carbocycles. The van der Waals surface area contributed by atoms with Crippen LogP contribution in [0.4, 0.5) is 0 Å². The minimum absolute atomic E-state index is 0.596. The molecule has 1 fully saturated rings. The smallest absolute Gasteiger partial charge is 0.193 e. The number of hydrogen-bond acceptors (Lipinski definition) is 3. The lowest BCUT2D eigenvalue weighted by Gasteiger charge is -2.21. The van der Waals surface area contributed by atoms with Crippen LogP contribution in [0, 0.1) is 5.92 Å². The van der Waals surface area contributed by atoms with Crippen molar-refractivity contribution < 1.29 is 9.47 Å². The predicted molar refractivity (Wildman–Crippen MR) is 92.4 cm³/mol. The first-order chi connectivity index (χ1) is 10.7. The van der Waals surface area contributed by atoms with Gasteiger partial charge in [0.05, 0.1) is 18.2 Å². The molecule has 22 heavy (non-hydrogen) atoms. The van der Waals surface area contributed by atoms with Gasteiger partial charge in [0.2, 0.25) is 0 Å². The quantitative estimate of drug-likeness (QED) is 0.639. The molecule has 1 aliphatic heterocycles. The summed E-state index contributed by atoms with van der Waals surface area (Å²) in [6.45, 7) is 3.58. The summed E-state index contributed by atoms with van der Waals surface area (Å²) in [6, 6.07) is 6.09. The van der Waals surface area contributed by atoms with Gasteiger partial charge in [-0.1, -0.05) is 6.07 Å². The zero-order valence-electron chi connectivity index (χ0n) is 13.4. The van der Waals surface area contributed by atoms with Crippen LogP contribution in [0.2, 0.25) is 0 Å². The number of methoxy groups -OCH3 is 2. The second kappa shape index (κ2) is 8.39. The summed E-state index contributed by atoms with van der Waals surface area (Å²) in [5, 5.41) is 3.43. The average Bonchev–Trinajstić information content (AvgIpc) is 2.97. The zero-order valence-corrected chi connectivity index (χ0v) is 15.0. The third-order valence-electron chi connectivity index (χ3n) is 3.87. The van der Waals surface area contributed by atoms with Gasteiger partial charge in [0.25, 0.3) is 0 Å². The molecule has 0 aromatic heterocycles. The van der Waals surface area contributed by atoms with Gasteiger partial charge in [-0.15, -0.1) is 0 Å². The molecule has 0 amide bonds. The molecule has 5 nitrogen and oxygen atoms in total. The van der Waals surface area contributed by atoms with Crippen LogP contribution < -0.4 is 10.1 Å². The molecule has 1 aliphatic rings. The van der Waals surface area contributed by atoms with Gasteiger partial charge in [-0.3, -0.25) is 4.99 Å². The fourth-order valence-electron chi connectivity index (χ4n) is 2.73. The highest BCUT2D eigenvalue weighted by molar-refractivity contribution is 9.10. The van der Waals surface area contributed by atoms with E-state index >= 15 is 0 Å². The first-order valence-electron chi connectivity index (χ1n) is 7.45. The number of halogens is 1. The molecule has 1 heterocycles. The summed E-state index contributed by atoms with van der Waals surface area (Å²) in [5.74, 6) is 2.39. The maximum Gasteiger partial charge on any atom is 0.193 e. The topological polar surface area (TPSA) is 46.1 Å². The highest BCUT2D eigenvalue weighted by atomic mass is 79.9. The van der Waals surface area contributed by atoms with Gasteiger partial charge in [-0.25, -0.2) is 0 Å². The number of benzene rings is 1. The lowest BCUT2D eigenvalue weighted by Crippen LogP contribution is -2.39. The molecule has 0 aliphatic carbocycles. The van der Waals surface area contributed by atoms with Crippen molar-refractivity contribution in [2.75, 3.05) is 41.0 Å². The fraction of sp³-hybridized carbons (Fsp3) is 0.562. The van der Waals surface area contributed by atoms with Gasteiger partial charge in [-0.05, 0) is 40.0 Å². The first-order valence-corrected chi connectivity index (χ1v) is 8.24. The molecular formula is C16H24BrN3O2. The number of hydrogen-bond donors (Lipinski definition) is 1. The maximum atomic E-state index is 5.25. The van der Waals surface area contributed by atoms with E-state index in [0.717, 1.165) is 48.8 Å². The number of nitrogens with one attached hydrogen (secondary N) is 1. The summed E-state index contributed by atoms with van der Waals surface area (Å²) in [6.07, 6.45) is 1.16. The number of likely N-dealkylation sites (tertiary alicyclic amines) is 1. The van der Waals surface area contributed by atoms with E-state index in [4.69, 9.17) is 9.47 Å². The lowest BCUT2D eigenvalue weighted by molar-refractivity contribution is 0.157. The molecule has 2 rings (SSSR count). The summed E-state index contributed by atoms with van der Waals surface area (Å²) in [7, 11) is 5.26. The van der Waals surface area contributed by atoms with Gasteiger partial charge < -0.3 is 19.7 Å². The summed E-state index contributed by atoms with van der Waals surface area (Å²) >= 11 is 3.52. The Morgan fingerprint density at radius 3 is 2.91 bits per heavy atom. The highest BCUT2D eigenvalue weighted by Crippen LogP contribution is 2.25. The van der Waals surface area contributed by atoms with Gasteiger partial charge in [0.1, 0.15) is 5.75 Å². The Labute approximate surface area is 140 Å². The Morgan fingerprint density at radius 1 is 1.45 bits per heavy atom.